The Kier molecular flexibility index (Phi) is 3.97. The van der Waals surface area contributed by atoms with E-state index in [1.165, 1.54) is 12.1 Å². The Labute approximate surface area is 113 Å². The van der Waals surface area contributed by atoms with Crippen LogP contribution in [-0.2, 0) is 12.7 Å². The van der Waals surface area contributed by atoms with Gasteiger partial charge in [0, 0.05) is 24.6 Å². The van der Waals surface area contributed by atoms with Crippen molar-refractivity contribution in [1.29, 1.82) is 0 Å². The summed E-state index contributed by atoms with van der Waals surface area (Å²) >= 11 is 0. The molecular formula is C13H12F3N3O. The summed E-state index contributed by atoms with van der Waals surface area (Å²) in [5, 5.41) is 4.90. The number of nitrogens with one attached hydrogen (secondary N) is 3. The molecule has 0 saturated carbocycles. The van der Waals surface area contributed by atoms with Crippen LogP contribution < -0.4 is 10.6 Å². The Bertz CT molecular complexity index is 579. The van der Waals surface area contributed by atoms with Gasteiger partial charge in [-0.2, -0.15) is 13.2 Å². The second-order valence-electron chi connectivity index (χ2n) is 4.11. The second-order valence-corrected chi connectivity index (χ2v) is 4.11. The molecule has 0 aliphatic heterocycles. The van der Waals surface area contributed by atoms with Crippen LogP contribution in [0.15, 0.2) is 42.7 Å². The standard InChI is InChI=1S/C13H12F3N3O/c14-13(15,16)10-2-1-3-11(6-10)19-12(20)18-8-9-4-5-17-7-9/h1-7,17H,8H2,(H2,18,19,20). The molecule has 0 unspecified atom stereocenters. The molecule has 2 amide bonds. The number of anilines is 1. The van der Waals surface area contributed by atoms with E-state index < -0.39 is 17.8 Å². The van der Waals surface area contributed by atoms with E-state index in [9.17, 15) is 18.0 Å². The number of carbonyl (C=O) groups excluding carboxylic acids is 1. The van der Waals surface area contributed by atoms with Gasteiger partial charge in [-0.15, -0.1) is 0 Å². The van der Waals surface area contributed by atoms with E-state index in [2.05, 4.69) is 15.6 Å². The van der Waals surface area contributed by atoms with Gasteiger partial charge in [0.25, 0.3) is 0 Å². The number of hydrogen-bond donors (Lipinski definition) is 3. The molecule has 0 fully saturated rings. The SMILES string of the molecule is O=C(NCc1cc[nH]c1)Nc1cccc(C(F)(F)F)c1. The van der Waals surface area contributed by atoms with Crippen LogP contribution in [-0.4, -0.2) is 11.0 Å². The van der Waals surface area contributed by atoms with Crippen molar-refractivity contribution in [3.63, 3.8) is 0 Å². The van der Waals surface area contributed by atoms with E-state index >= 15 is 0 Å². The highest BCUT2D eigenvalue weighted by atomic mass is 19.4. The van der Waals surface area contributed by atoms with Gasteiger partial charge in [-0.25, -0.2) is 4.79 Å². The Hall–Kier alpha value is -2.44. The molecule has 2 rings (SSSR count). The van der Waals surface area contributed by atoms with Crippen LogP contribution in [0, 0.1) is 0 Å². The highest BCUT2D eigenvalue weighted by Crippen LogP contribution is 2.30. The maximum atomic E-state index is 12.5. The molecule has 1 heterocycles. The first-order valence-electron chi connectivity index (χ1n) is 5.79. The third kappa shape index (κ3) is 3.78. The normalized spacial score (nSPS) is 11.2. The number of rotatable bonds is 3. The smallest absolute Gasteiger partial charge is 0.367 e. The summed E-state index contributed by atoms with van der Waals surface area (Å²) in [5.74, 6) is 0. The summed E-state index contributed by atoms with van der Waals surface area (Å²) in [7, 11) is 0. The van der Waals surface area contributed by atoms with Crippen molar-refractivity contribution in [1.82, 2.24) is 10.3 Å². The zero-order chi connectivity index (χ0) is 14.6. The third-order valence-electron chi connectivity index (χ3n) is 2.56. The topological polar surface area (TPSA) is 56.9 Å². The highest BCUT2D eigenvalue weighted by molar-refractivity contribution is 5.89. The van der Waals surface area contributed by atoms with Crippen LogP contribution in [0.3, 0.4) is 0 Å². The van der Waals surface area contributed by atoms with E-state index in [0.717, 1.165) is 17.7 Å². The van der Waals surface area contributed by atoms with Gasteiger partial charge in [0.15, 0.2) is 0 Å². The van der Waals surface area contributed by atoms with E-state index in [1.807, 2.05) is 0 Å². The lowest BCUT2D eigenvalue weighted by Gasteiger charge is -2.10. The van der Waals surface area contributed by atoms with Crippen molar-refractivity contribution < 1.29 is 18.0 Å². The van der Waals surface area contributed by atoms with Crippen LogP contribution in [0.25, 0.3) is 0 Å². The first-order chi connectivity index (χ1) is 9.45. The fourth-order valence-corrected chi connectivity index (χ4v) is 1.60. The van der Waals surface area contributed by atoms with Gasteiger partial charge in [-0.3, -0.25) is 0 Å². The molecule has 3 N–H and O–H groups in total. The Balaban J connectivity index is 1.94. The molecule has 0 aliphatic rings. The zero-order valence-electron chi connectivity index (χ0n) is 10.3. The zero-order valence-corrected chi connectivity index (χ0v) is 10.3. The second kappa shape index (κ2) is 5.68. The molecule has 1 aromatic heterocycles. The molecule has 1 aromatic carbocycles. The molecule has 0 radical (unpaired) electrons. The van der Waals surface area contributed by atoms with Crippen molar-refractivity contribution >= 4 is 11.7 Å². The summed E-state index contributed by atoms with van der Waals surface area (Å²) in [6, 6.07) is 5.68. The number of H-pyrrole nitrogens is 1. The molecule has 0 saturated heterocycles. The molecule has 7 heteroatoms. The lowest BCUT2D eigenvalue weighted by Crippen LogP contribution is -2.28. The van der Waals surface area contributed by atoms with Crippen molar-refractivity contribution in [2.45, 2.75) is 12.7 Å². The number of amides is 2. The van der Waals surface area contributed by atoms with Gasteiger partial charge in [0.05, 0.1) is 5.56 Å². The fraction of sp³-hybridized carbons (Fsp3) is 0.154. The van der Waals surface area contributed by atoms with Crippen LogP contribution in [0.2, 0.25) is 0 Å². The molecule has 0 spiro atoms. The maximum absolute atomic E-state index is 12.5. The van der Waals surface area contributed by atoms with Crippen LogP contribution in [0.4, 0.5) is 23.7 Å². The molecule has 2 aromatic rings. The van der Waals surface area contributed by atoms with Gasteiger partial charge >= 0.3 is 12.2 Å². The average molecular weight is 283 g/mol. The highest BCUT2D eigenvalue weighted by Gasteiger charge is 2.30. The van der Waals surface area contributed by atoms with Crippen LogP contribution in [0.5, 0.6) is 0 Å². The number of alkyl halides is 3. The molecule has 20 heavy (non-hydrogen) atoms. The van der Waals surface area contributed by atoms with Crippen molar-refractivity contribution in [3.8, 4) is 0 Å². The molecular weight excluding hydrogens is 271 g/mol. The summed E-state index contributed by atoms with van der Waals surface area (Å²) in [5.41, 5.74) is 0.150. The van der Waals surface area contributed by atoms with Gasteiger partial charge < -0.3 is 15.6 Å². The number of aromatic nitrogens is 1. The number of halogens is 3. The number of urea groups is 1. The summed E-state index contributed by atoms with van der Waals surface area (Å²) in [6.07, 6.45) is -1.01. The van der Waals surface area contributed by atoms with E-state index in [-0.39, 0.29) is 12.2 Å². The minimum Gasteiger partial charge on any atom is -0.367 e. The van der Waals surface area contributed by atoms with Crippen molar-refractivity contribution in [2.24, 2.45) is 0 Å². The van der Waals surface area contributed by atoms with Crippen LogP contribution in [0.1, 0.15) is 11.1 Å². The number of carbonyl (C=O) groups is 1. The third-order valence-corrected chi connectivity index (χ3v) is 2.56. The Morgan fingerprint density at radius 1 is 1.25 bits per heavy atom. The van der Waals surface area contributed by atoms with E-state index in [1.54, 1.807) is 18.5 Å². The maximum Gasteiger partial charge on any atom is 0.416 e. The quantitative estimate of drug-likeness (QED) is 0.795. The minimum absolute atomic E-state index is 0.0893. The van der Waals surface area contributed by atoms with Gasteiger partial charge in [0.2, 0.25) is 0 Å². The molecule has 4 nitrogen and oxygen atoms in total. The van der Waals surface area contributed by atoms with E-state index in [4.69, 9.17) is 0 Å². The van der Waals surface area contributed by atoms with Crippen LogP contribution >= 0.6 is 0 Å². The minimum atomic E-state index is -4.43. The summed E-state index contributed by atoms with van der Waals surface area (Å²) in [6.45, 7) is 0.286. The first kappa shape index (κ1) is 14.0. The predicted molar refractivity (Wildman–Crippen MR) is 68.1 cm³/mol. The largest absolute Gasteiger partial charge is 0.416 e. The van der Waals surface area contributed by atoms with Crippen molar-refractivity contribution in [3.05, 3.63) is 53.9 Å². The predicted octanol–water partition coefficient (Wildman–Crippen LogP) is 3.36. The van der Waals surface area contributed by atoms with Gasteiger partial charge in [0.1, 0.15) is 0 Å². The van der Waals surface area contributed by atoms with E-state index in [0.29, 0.717) is 0 Å². The lowest BCUT2D eigenvalue weighted by molar-refractivity contribution is -0.137. The number of aromatic amines is 1. The monoisotopic (exact) mass is 283 g/mol. The van der Waals surface area contributed by atoms with Gasteiger partial charge in [-0.05, 0) is 29.8 Å². The summed E-state index contributed by atoms with van der Waals surface area (Å²) in [4.78, 5) is 14.4. The molecule has 0 aliphatic carbocycles. The average Bonchev–Trinajstić information content (AvgIpc) is 2.89. The molecule has 0 bridgehead atoms. The fourth-order valence-electron chi connectivity index (χ4n) is 1.60. The summed E-state index contributed by atoms with van der Waals surface area (Å²) < 4.78 is 37.5. The first-order valence-corrected chi connectivity index (χ1v) is 5.79. The Morgan fingerprint density at radius 2 is 2.05 bits per heavy atom. The molecule has 106 valence electrons. The lowest BCUT2D eigenvalue weighted by atomic mass is 10.2. The Morgan fingerprint density at radius 3 is 2.70 bits per heavy atom. The van der Waals surface area contributed by atoms with Gasteiger partial charge in [-0.1, -0.05) is 6.07 Å². The van der Waals surface area contributed by atoms with Crippen molar-refractivity contribution in [2.75, 3.05) is 5.32 Å². The molecule has 0 atom stereocenters. The number of benzene rings is 1. The number of hydrogen-bond acceptors (Lipinski definition) is 1.